The summed E-state index contributed by atoms with van der Waals surface area (Å²) >= 11 is 0. The molecule has 0 spiro atoms. The third-order valence-electron chi connectivity index (χ3n) is 2.16. The number of rotatable bonds is 2. The van der Waals surface area contributed by atoms with Crippen LogP contribution in [0.3, 0.4) is 0 Å². The Hall–Kier alpha value is -1.57. The van der Waals surface area contributed by atoms with Gasteiger partial charge in [-0.1, -0.05) is 24.3 Å². The monoisotopic (exact) mass is 174 g/mol. The Morgan fingerprint density at radius 3 is 2.92 bits per heavy atom. The van der Waals surface area contributed by atoms with Crippen LogP contribution in [0.2, 0.25) is 0 Å². The highest BCUT2D eigenvalue weighted by molar-refractivity contribution is 5.86. The van der Waals surface area contributed by atoms with Gasteiger partial charge < -0.3 is 9.21 Å². The predicted molar refractivity (Wildman–Crippen MR) is 50.7 cm³/mol. The summed E-state index contributed by atoms with van der Waals surface area (Å²) in [4.78, 5) is 10.6. The first kappa shape index (κ1) is 8.05. The second-order valence-corrected chi connectivity index (χ2v) is 3.11. The summed E-state index contributed by atoms with van der Waals surface area (Å²) in [5, 5.41) is 2.08. The standard InChI is InChI=1S/C11H10O2/c1-8(6-12)11-10-5-3-2-4-9(10)7-13-11/h2-8H,1H3. The Morgan fingerprint density at radius 1 is 1.38 bits per heavy atom. The van der Waals surface area contributed by atoms with Crippen LogP contribution in [0.5, 0.6) is 0 Å². The molecule has 1 unspecified atom stereocenters. The molecule has 1 aromatic carbocycles. The molecule has 0 fully saturated rings. The van der Waals surface area contributed by atoms with Crippen molar-refractivity contribution < 1.29 is 9.21 Å². The topological polar surface area (TPSA) is 30.2 Å². The summed E-state index contributed by atoms with van der Waals surface area (Å²) in [7, 11) is 0. The summed E-state index contributed by atoms with van der Waals surface area (Å²) in [6, 6.07) is 7.83. The first-order valence-corrected chi connectivity index (χ1v) is 4.24. The molecule has 0 saturated carbocycles. The van der Waals surface area contributed by atoms with E-state index in [1.807, 2.05) is 31.2 Å². The fourth-order valence-corrected chi connectivity index (χ4v) is 1.43. The molecule has 1 atom stereocenters. The molecule has 2 aromatic rings. The Bertz CT molecular complexity index is 428. The summed E-state index contributed by atoms with van der Waals surface area (Å²) in [5.41, 5.74) is 0. The molecule has 0 aliphatic rings. The van der Waals surface area contributed by atoms with Gasteiger partial charge in [0.15, 0.2) is 0 Å². The van der Waals surface area contributed by atoms with E-state index in [1.54, 1.807) is 6.26 Å². The van der Waals surface area contributed by atoms with Crippen molar-refractivity contribution in [3.8, 4) is 0 Å². The lowest BCUT2D eigenvalue weighted by Gasteiger charge is -1.98. The van der Waals surface area contributed by atoms with Crippen LogP contribution >= 0.6 is 0 Å². The lowest BCUT2D eigenvalue weighted by atomic mass is 10.1. The lowest BCUT2D eigenvalue weighted by molar-refractivity contribution is -0.109. The average Bonchev–Trinajstić information content (AvgIpc) is 2.60. The lowest BCUT2D eigenvalue weighted by Crippen LogP contribution is -1.91. The normalized spacial score (nSPS) is 13.0. The number of furan rings is 1. The summed E-state index contributed by atoms with van der Waals surface area (Å²) in [6.45, 7) is 1.83. The molecule has 0 saturated heterocycles. The molecule has 66 valence electrons. The van der Waals surface area contributed by atoms with Gasteiger partial charge in [0.25, 0.3) is 0 Å². The van der Waals surface area contributed by atoms with E-state index in [0.29, 0.717) is 0 Å². The molecule has 0 bridgehead atoms. The van der Waals surface area contributed by atoms with Crippen molar-refractivity contribution in [2.24, 2.45) is 0 Å². The quantitative estimate of drug-likeness (QED) is 0.655. The zero-order valence-electron chi connectivity index (χ0n) is 7.36. The Morgan fingerprint density at radius 2 is 2.15 bits per heavy atom. The fraction of sp³-hybridized carbons (Fsp3) is 0.182. The minimum absolute atomic E-state index is 0.167. The van der Waals surface area contributed by atoms with Gasteiger partial charge in [0.2, 0.25) is 0 Å². The first-order valence-electron chi connectivity index (χ1n) is 4.24. The Labute approximate surface area is 76.2 Å². The second kappa shape index (κ2) is 3.05. The van der Waals surface area contributed by atoms with Gasteiger partial charge in [0.1, 0.15) is 12.0 Å². The Balaban J connectivity index is 2.64. The average molecular weight is 174 g/mol. The zero-order valence-corrected chi connectivity index (χ0v) is 7.36. The Kier molecular flexibility index (Phi) is 1.89. The number of benzene rings is 1. The van der Waals surface area contributed by atoms with Gasteiger partial charge >= 0.3 is 0 Å². The molecule has 1 heterocycles. The number of hydrogen-bond acceptors (Lipinski definition) is 2. The largest absolute Gasteiger partial charge is 0.467 e. The van der Waals surface area contributed by atoms with Crippen LogP contribution in [-0.2, 0) is 4.79 Å². The maximum Gasteiger partial charge on any atom is 0.130 e. The van der Waals surface area contributed by atoms with Crippen LogP contribution < -0.4 is 0 Å². The minimum Gasteiger partial charge on any atom is -0.467 e. The SMILES string of the molecule is CC(C=O)c1occ2ccccc12. The molecule has 0 N–H and O–H groups in total. The van der Waals surface area contributed by atoms with Gasteiger partial charge in [-0.3, -0.25) is 0 Å². The number of hydrogen-bond donors (Lipinski definition) is 0. The van der Waals surface area contributed by atoms with Gasteiger partial charge in [-0.05, 0) is 6.92 Å². The van der Waals surface area contributed by atoms with E-state index in [2.05, 4.69) is 0 Å². The van der Waals surface area contributed by atoms with Gasteiger partial charge in [0, 0.05) is 10.8 Å². The molecule has 1 aromatic heterocycles. The summed E-state index contributed by atoms with van der Waals surface area (Å²) in [6.07, 6.45) is 2.58. The van der Waals surface area contributed by atoms with Gasteiger partial charge in [0.05, 0.1) is 12.2 Å². The molecule has 0 radical (unpaired) electrons. The molecule has 13 heavy (non-hydrogen) atoms. The van der Waals surface area contributed by atoms with Gasteiger partial charge in [-0.2, -0.15) is 0 Å². The molecule has 2 nitrogen and oxygen atoms in total. The van der Waals surface area contributed by atoms with Crippen molar-refractivity contribution in [3.05, 3.63) is 36.3 Å². The van der Waals surface area contributed by atoms with Crippen LogP contribution in [0.15, 0.2) is 34.9 Å². The molecule has 2 heteroatoms. The van der Waals surface area contributed by atoms with Crippen molar-refractivity contribution in [1.29, 1.82) is 0 Å². The van der Waals surface area contributed by atoms with Crippen LogP contribution in [0.25, 0.3) is 10.8 Å². The van der Waals surface area contributed by atoms with E-state index in [0.717, 1.165) is 22.8 Å². The molecular formula is C11H10O2. The van der Waals surface area contributed by atoms with Crippen LogP contribution in [0.4, 0.5) is 0 Å². The maximum absolute atomic E-state index is 10.6. The van der Waals surface area contributed by atoms with Crippen LogP contribution in [0.1, 0.15) is 18.6 Å². The predicted octanol–water partition coefficient (Wildman–Crippen LogP) is 2.74. The zero-order chi connectivity index (χ0) is 9.26. The minimum atomic E-state index is -0.167. The number of carbonyl (C=O) groups excluding carboxylic acids is 1. The third-order valence-corrected chi connectivity index (χ3v) is 2.16. The summed E-state index contributed by atoms with van der Waals surface area (Å²) in [5.74, 6) is 0.588. The van der Waals surface area contributed by atoms with Crippen molar-refractivity contribution in [2.75, 3.05) is 0 Å². The smallest absolute Gasteiger partial charge is 0.130 e. The maximum atomic E-state index is 10.6. The highest BCUT2D eigenvalue weighted by atomic mass is 16.3. The highest BCUT2D eigenvalue weighted by Gasteiger charge is 2.11. The summed E-state index contributed by atoms with van der Waals surface area (Å²) < 4.78 is 5.34. The third kappa shape index (κ3) is 1.24. The highest BCUT2D eigenvalue weighted by Crippen LogP contribution is 2.25. The van der Waals surface area contributed by atoms with Crippen LogP contribution in [-0.4, -0.2) is 6.29 Å². The van der Waals surface area contributed by atoms with Crippen LogP contribution in [0, 0.1) is 0 Å². The molecule has 0 amide bonds. The van der Waals surface area contributed by atoms with Crippen molar-refractivity contribution in [1.82, 2.24) is 0 Å². The van der Waals surface area contributed by atoms with Crippen molar-refractivity contribution in [3.63, 3.8) is 0 Å². The van der Waals surface area contributed by atoms with E-state index in [-0.39, 0.29) is 5.92 Å². The number of aldehydes is 1. The number of carbonyl (C=O) groups is 1. The van der Waals surface area contributed by atoms with E-state index in [9.17, 15) is 4.79 Å². The van der Waals surface area contributed by atoms with E-state index < -0.39 is 0 Å². The van der Waals surface area contributed by atoms with E-state index >= 15 is 0 Å². The molecule has 0 aliphatic carbocycles. The molecular weight excluding hydrogens is 164 g/mol. The van der Waals surface area contributed by atoms with Crippen molar-refractivity contribution in [2.45, 2.75) is 12.8 Å². The molecule has 2 rings (SSSR count). The van der Waals surface area contributed by atoms with E-state index in [4.69, 9.17) is 4.42 Å². The fourth-order valence-electron chi connectivity index (χ4n) is 1.43. The first-order chi connectivity index (χ1) is 6.33. The van der Waals surface area contributed by atoms with Crippen molar-refractivity contribution >= 4 is 17.1 Å². The van der Waals surface area contributed by atoms with E-state index in [1.165, 1.54) is 0 Å². The van der Waals surface area contributed by atoms with Gasteiger partial charge in [-0.15, -0.1) is 0 Å². The molecule has 0 aliphatic heterocycles. The van der Waals surface area contributed by atoms with Gasteiger partial charge in [-0.25, -0.2) is 0 Å². The second-order valence-electron chi connectivity index (χ2n) is 3.11. The number of fused-ring (bicyclic) bond motifs is 1.